The van der Waals surface area contributed by atoms with E-state index in [0.29, 0.717) is 23.5 Å². The van der Waals surface area contributed by atoms with Gasteiger partial charge in [0.2, 0.25) is 11.8 Å². The average Bonchev–Trinajstić information content (AvgIpc) is 3.31. The Morgan fingerprint density at radius 3 is 2.34 bits per heavy atom. The van der Waals surface area contributed by atoms with E-state index in [1.54, 1.807) is 0 Å². The number of rotatable bonds is 6. The Morgan fingerprint density at radius 2 is 1.69 bits per heavy atom. The van der Waals surface area contributed by atoms with Gasteiger partial charge in [-0.1, -0.05) is 48.5 Å². The van der Waals surface area contributed by atoms with Crippen LogP contribution in [-0.4, -0.2) is 15.9 Å². The first-order valence-corrected chi connectivity index (χ1v) is 10.0. The molecule has 0 aliphatic heterocycles. The maximum atomic E-state index is 12.9. The van der Waals surface area contributed by atoms with Gasteiger partial charge in [0.05, 0.1) is 5.69 Å². The van der Waals surface area contributed by atoms with Crippen molar-refractivity contribution in [2.75, 3.05) is 10.6 Å². The number of hydrogen-bond donors (Lipinski definition) is 2. The summed E-state index contributed by atoms with van der Waals surface area (Å²) in [5.74, 6) is 0.355. The van der Waals surface area contributed by atoms with Crippen LogP contribution in [0.15, 0.2) is 65.1 Å². The molecule has 1 amide bonds. The molecule has 146 valence electrons. The largest absolute Gasteiger partial charge is 0.420 e. The maximum absolute atomic E-state index is 12.9. The number of carbonyl (C=O) groups excluding carboxylic acids is 1. The summed E-state index contributed by atoms with van der Waals surface area (Å²) in [7, 11) is 0. The van der Waals surface area contributed by atoms with Gasteiger partial charge in [-0.3, -0.25) is 10.1 Å². The highest BCUT2D eigenvalue weighted by Gasteiger charge is 2.22. The second-order valence-electron chi connectivity index (χ2n) is 6.52. The lowest BCUT2D eigenvalue weighted by Gasteiger charge is -2.05. The third kappa shape index (κ3) is 4.35. The van der Waals surface area contributed by atoms with E-state index in [1.807, 2.05) is 74.5 Å². The van der Waals surface area contributed by atoms with E-state index in [2.05, 4.69) is 20.6 Å². The lowest BCUT2D eigenvalue weighted by Crippen LogP contribution is -2.14. The number of nitrogens with one attached hydrogen (secondary N) is 2. The predicted octanol–water partition coefficient (Wildman–Crippen LogP) is 5.28. The molecule has 0 aliphatic carbocycles. The van der Waals surface area contributed by atoms with Gasteiger partial charge < -0.3 is 9.73 Å². The van der Waals surface area contributed by atoms with E-state index in [0.717, 1.165) is 21.7 Å². The SMILES string of the molecule is Cc1nc(NC(=O)c2nc(-c3ccccc3)oc2NCc2ccccc2)sc1C. The molecule has 0 unspecified atom stereocenters. The second kappa shape index (κ2) is 8.28. The monoisotopic (exact) mass is 404 g/mol. The standard InChI is InChI=1S/C22H20N4O2S/c1-14-15(2)29-22(24-14)26-19(27)18-21(23-13-16-9-5-3-6-10-16)28-20(25-18)17-11-7-4-8-12-17/h3-12,23H,13H2,1-2H3,(H,24,26,27). The molecule has 2 heterocycles. The van der Waals surface area contributed by atoms with Crippen LogP contribution in [0.4, 0.5) is 11.0 Å². The van der Waals surface area contributed by atoms with Crippen LogP contribution >= 0.6 is 11.3 Å². The summed E-state index contributed by atoms with van der Waals surface area (Å²) in [6.45, 7) is 4.40. The van der Waals surface area contributed by atoms with Gasteiger partial charge in [0.15, 0.2) is 10.8 Å². The summed E-state index contributed by atoms with van der Waals surface area (Å²) in [5.41, 5.74) is 2.97. The molecule has 0 spiro atoms. The second-order valence-corrected chi connectivity index (χ2v) is 7.72. The van der Waals surface area contributed by atoms with Crippen LogP contribution in [0.2, 0.25) is 0 Å². The van der Waals surface area contributed by atoms with Crippen LogP contribution in [0.1, 0.15) is 26.6 Å². The Kier molecular flexibility index (Phi) is 5.39. The van der Waals surface area contributed by atoms with Gasteiger partial charge in [-0.25, -0.2) is 9.97 Å². The van der Waals surface area contributed by atoms with Crippen molar-refractivity contribution in [2.24, 2.45) is 0 Å². The normalized spacial score (nSPS) is 10.7. The molecule has 7 heteroatoms. The zero-order chi connectivity index (χ0) is 20.2. The van der Waals surface area contributed by atoms with Crippen LogP contribution in [0.3, 0.4) is 0 Å². The zero-order valence-corrected chi connectivity index (χ0v) is 16.9. The first-order chi connectivity index (χ1) is 14.1. The van der Waals surface area contributed by atoms with Crippen LogP contribution < -0.4 is 10.6 Å². The minimum Gasteiger partial charge on any atom is -0.420 e. The molecule has 2 aromatic heterocycles. The highest BCUT2D eigenvalue weighted by atomic mass is 32.1. The number of carbonyl (C=O) groups is 1. The molecular weight excluding hydrogens is 384 g/mol. The van der Waals surface area contributed by atoms with E-state index >= 15 is 0 Å². The summed E-state index contributed by atoms with van der Waals surface area (Å²) in [5, 5.41) is 6.57. The number of benzene rings is 2. The zero-order valence-electron chi connectivity index (χ0n) is 16.1. The lowest BCUT2D eigenvalue weighted by molar-refractivity contribution is 0.102. The number of hydrogen-bond acceptors (Lipinski definition) is 6. The van der Waals surface area contributed by atoms with Crippen molar-refractivity contribution < 1.29 is 9.21 Å². The third-order valence-electron chi connectivity index (χ3n) is 4.41. The molecule has 4 aromatic rings. The summed E-state index contributed by atoms with van der Waals surface area (Å²) < 4.78 is 5.91. The number of oxazole rings is 1. The number of aromatic nitrogens is 2. The molecule has 0 saturated carbocycles. The highest BCUT2D eigenvalue weighted by molar-refractivity contribution is 7.15. The van der Waals surface area contributed by atoms with Crippen LogP contribution in [0, 0.1) is 13.8 Å². The molecule has 0 radical (unpaired) electrons. The summed E-state index contributed by atoms with van der Waals surface area (Å²) in [6.07, 6.45) is 0. The highest BCUT2D eigenvalue weighted by Crippen LogP contribution is 2.28. The number of anilines is 2. The van der Waals surface area contributed by atoms with Gasteiger partial charge in [-0.2, -0.15) is 0 Å². The number of thiazole rings is 1. The van der Waals surface area contributed by atoms with Crippen molar-refractivity contribution in [1.82, 2.24) is 9.97 Å². The molecule has 0 atom stereocenters. The smallest absolute Gasteiger partial charge is 0.281 e. The molecule has 4 rings (SSSR count). The fraction of sp³-hybridized carbons (Fsp3) is 0.136. The number of aryl methyl sites for hydroxylation is 2. The van der Waals surface area contributed by atoms with Gasteiger partial charge in [-0.05, 0) is 31.5 Å². The Morgan fingerprint density at radius 1 is 1.00 bits per heavy atom. The van der Waals surface area contributed by atoms with Crippen LogP contribution in [-0.2, 0) is 6.54 Å². The maximum Gasteiger partial charge on any atom is 0.281 e. The van der Waals surface area contributed by atoms with Crippen LogP contribution in [0.5, 0.6) is 0 Å². The average molecular weight is 404 g/mol. The number of amides is 1. The van der Waals surface area contributed by atoms with Crippen molar-refractivity contribution in [2.45, 2.75) is 20.4 Å². The molecule has 0 aliphatic rings. The fourth-order valence-electron chi connectivity index (χ4n) is 2.76. The summed E-state index contributed by atoms with van der Waals surface area (Å²) >= 11 is 1.43. The molecule has 0 saturated heterocycles. The van der Waals surface area contributed by atoms with Gasteiger partial charge in [0.25, 0.3) is 5.91 Å². The molecule has 0 fully saturated rings. The topological polar surface area (TPSA) is 80.1 Å². The van der Waals surface area contributed by atoms with Crippen molar-refractivity contribution in [3.63, 3.8) is 0 Å². The van der Waals surface area contributed by atoms with E-state index in [1.165, 1.54) is 11.3 Å². The molecule has 29 heavy (non-hydrogen) atoms. The molecule has 2 aromatic carbocycles. The third-order valence-corrected chi connectivity index (χ3v) is 5.40. The van der Waals surface area contributed by atoms with Crippen LogP contribution in [0.25, 0.3) is 11.5 Å². The first-order valence-electron chi connectivity index (χ1n) is 9.19. The van der Waals surface area contributed by atoms with E-state index in [4.69, 9.17) is 4.42 Å². The Hall–Kier alpha value is -3.45. The molecule has 2 N–H and O–H groups in total. The van der Waals surface area contributed by atoms with Crippen molar-refractivity contribution in [1.29, 1.82) is 0 Å². The predicted molar refractivity (Wildman–Crippen MR) is 115 cm³/mol. The minimum absolute atomic E-state index is 0.199. The van der Waals surface area contributed by atoms with E-state index < -0.39 is 0 Å². The van der Waals surface area contributed by atoms with Gasteiger partial charge in [0.1, 0.15) is 0 Å². The van der Waals surface area contributed by atoms with Gasteiger partial charge in [-0.15, -0.1) is 11.3 Å². The first kappa shape index (κ1) is 18.9. The summed E-state index contributed by atoms with van der Waals surface area (Å²) in [6, 6.07) is 19.4. The molecular formula is C22H20N4O2S. The van der Waals surface area contributed by atoms with Gasteiger partial charge in [0, 0.05) is 17.0 Å². The van der Waals surface area contributed by atoms with Gasteiger partial charge >= 0.3 is 0 Å². The molecule has 6 nitrogen and oxygen atoms in total. The Bertz CT molecular complexity index is 1100. The summed E-state index contributed by atoms with van der Waals surface area (Å²) in [4.78, 5) is 22.8. The van der Waals surface area contributed by atoms with E-state index in [9.17, 15) is 4.79 Å². The number of nitrogens with zero attached hydrogens (tertiary/aromatic N) is 2. The lowest BCUT2D eigenvalue weighted by atomic mass is 10.2. The van der Waals surface area contributed by atoms with Crippen molar-refractivity contribution in [3.05, 3.63) is 82.5 Å². The van der Waals surface area contributed by atoms with Crippen molar-refractivity contribution in [3.8, 4) is 11.5 Å². The Balaban J connectivity index is 1.62. The Labute approximate surface area is 172 Å². The minimum atomic E-state index is -0.361. The molecule has 0 bridgehead atoms. The van der Waals surface area contributed by atoms with Crippen molar-refractivity contribution >= 4 is 28.3 Å². The fourth-order valence-corrected chi connectivity index (χ4v) is 3.57. The quantitative estimate of drug-likeness (QED) is 0.457. The van der Waals surface area contributed by atoms with E-state index in [-0.39, 0.29) is 11.6 Å².